The number of hydrogen-bond acceptors (Lipinski definition) is 5. The van der Waals surface area contributed by atoms with E-state index in [9.17, 15) is 9.18 Å². The lowest BCUT2D eigenvalue weighted by Crippen LogP contribution is -2.32. The quantitative estimate of drug-likeness (QED) is 0.681. The molecule has 0 saturated heterocycles. The maximum Gasteiger partial charge on any atom is 0.407 e. The zero-order valence-electron chi connectivity index (χ0n) is 17.0. The Balaban J connectivity index is 1.93. The molecule has 2 aromatic heterocycles. The van der Waals surface area contributed by atoms with Gasteiger partial charge in [-0.05, 0) is 62.7 Å². The van der Waals surface area contributed by atoms with Crippen molar-refractivity contribution in [1.29, 1.82) is 5.26 Å². The van der Waals surface area contributed by atoms with Crippen LogP contribution in [0, 0.1) is 17.1 Å². The highest BCUT2D eigenvalue weighted by Crippen LogP contribution is 2.27. The fraction of sp³-hybridized carbons (Fsp3) is 0.273. The molecule has 2 heterocycles. The molecule has 0 atom stereocenters. The van der Waals surface area contributed by atoms with Crippen LogP contribution in [0.2, 0.25) is 0 Å². The average molecular weight is 407 g/mol. The molecule has 8 heteroatoms. The fourth-order valence-corrected chi connectivity index (χ4v) is 2.79. The van der Waals surface area contributed by atoms with E-state index < -0.39 is 11.7 Å². The molecule has 1 amide bonds. The number of halogens is 1. The standard InChI is InChI=1S/C22H22FN5O2/c1-22(2,3)30-21(29)26-14-16-13-25-20(15-4-6-17(23)7-5-15)12-18(16)19-8-10-28(27-19)11-9-24/h4-8,10,12-13H,11,14H2,1-3H3,(H,26,29). The van der Waals surface area contributed by atoms with Crippen molar-refractivity contribution in [2.45, 2.75) is 39.5 Å². The molecule has 154 valence electrons. The van der Waals surface area contributed by atoms with Crippen molar-refractivity contribution >= 4 is 6.09 Å². The van der Waals surface area contributed by atoms with Gasteiger partial charge in [0.25, 0.3) is 0 Å². The van der Waals surface area contributed by atoms with E-state index in [1.807, 2.05) is 12.1 Å². The Kier molecular flexibility index (Phi) is 6.11. The van der Waals surface area contributed by atoms with Crippen LogP contribution >= 0.6 is 0 Å². The first-order valence-electron chi connectivity index (χ1n) is 9.37. The highest BCUT2D eigenvalue weighted by molar-refractivity contribution is 5.72. The monoisotopic (exact) mass is 407 g/mol. The van der Waals surface area contributed by atoms with Crippen molar-refractivity contribution in [3.8, 4) is 28.6 Å². The maximum absolute atomic E-state index is 13.3. The zero-order valence-corrected chi connectivity index (χ0v) is 17.0. The second-order valence-electron chi connectivity index (χ2n) is 7.65. The summed E-state index contributed by atoms with van der Waals surface area (Å²) in [5, 5.41) is 16.0. The number of pyridine rings is 1. The molecule has 1 aromatic carbocycles. The minimum absolute atomic E-state index is 0.126. The van der Waals surface area contributed by atoms with Gasteiger partial charge in [-0.1, -0.05) is 0 Å². The van der Waals surface area contributed by atoms with Crippen LogP contribution in [0.4, 0.5) is 9.18 Å². The van der Waals surface area contributed by atoms with Crippen molar-refractivity contribution in [2.75, 3.05) is 0 Å². The summed E-state index contributed by atoms with van der Waals surface area (Å²) in [6, 6.07) is 11.7. The number of ether oxygens (including phenoxy) is 1. The van der Waals surface area contributed by atoms with Crippen LogP contribution in [0.3, 0.4) is 0 Å². The molecule has 7 nitrogen and oxygen atoms in total. The summed E-state index contributed by atoms with van der Waals surface area (Å²) in [7, 11) is 0. The van der Waals surface area contributed by atoms with E-state index in [-0.39, 0.29) is 18.9 Å². The Hall–Kier alpha value is -3.73. The Labute approximate surface area is 174 Å². The molecule has 0 aliphatic carbocycles. The van der Waals surface area contributed by atoms with Gasteiger partial charge in [0.05, 0.1) is 17.5 Å². The van der Waals surface area contributed by atoms with E-state index in [2.05, 4.69) is 15.4 Å². The first kappa shape index (κ1) is 21.0. The number of hydrogen-bond donors (Lipinski definition) is 1. The molecule has 3 rings (SSSR count). The highest BCUT2D eigenvalue weighted by atomic mass is 19.1. The molecule has 0 fully saturated rings. The minimum Gasteiger partial charge on any atom is -0.444 e. The Bertz CT molecular complexity index is 1080. The number of nitrogens with one attached hydrogen (secondary N) is 1. The second kappa shape index (κ2) is 8.74. The first-order valence-corrected chi connectivity index (χ1v) is 9.37. The van der Waals surface area contributed by atoms with Crippen LogP contribution in [0.15, 0.2) is 48.8 Å². The molecule has 0 radical (unpaired) electrons. The van der Waals surface area contributed by atoms with Gasteiger partial charge >= 0.3 is 6.09 Å². The summed E-state index contributed by atoms with van der Waals surface area (Å²) in [5.74, 6) is -0.326. The molecule has 0 saturated carbocycles. The highest BCUT2D eigenvalue weighted by Gasteiger charge is 2.17. The summed E-state index contributed by atoms with van der Waals surface area (Å²) >= 11 is 0. The largest absolute Gasteiger partial charge is 0.444 e. The number of benzene rings is 1. The van der Waals surface area contributed by atoms with Gasteiger partial charge in [-0.15, -0.1) is 0 Å². The summed E-state index contributed by atoms with van der Waals surface area (Å²) in [6.07, 6.45) is 2.82. The molecule has 30 heavy (non-hydrogen) atoms. The van der Waals surface area contributed by atoms with Crippen LogP contribution in [-0.4, -0.2) is 26.5 Å². The van der Waals surface area contributed by atoms with Crippen LogP contribution in [0.1, 0.15) is 26.3 Å². The van der Waals surface area contributed by atoms with Crippen LogP contribution in [0.5, 0.6) is 0 Å². The first-order chi connectivity index (χ1) is 14.2. The molecular formula is C22H22FN5O2. The van der Waals surface area contributed by atoms with Gasteiger partial charge in [0, 0.05) is 30.1 Å². The Morgan fingerprint density at radius 1 is 1.23 bits per heavy atom. The number of amides is 1. The van der Waals surface area contributed by atoms with Gasteiger partial charge in [-0.2, -0.15) is 10.4 Å². The molecule has 1 N–H and O–H groups in total. The molecule has 0 unspecified atom stereocenters. The van der Waals surface area contributed by atoms with E-state index in [0.29, 0.717) is 11.4 Å². The summed E-state index contributed by atoms with van der Waals surface area (Å²) in [6.45, 7) is 5.68. The lowest BCUT2D eigenvalue weighted by molar-refractivity contribution is 0.0523. The molecule has 3 aromatic rings. The summed E-state index contributed by atoms with van der Waals surface area (Å²) in [5.41, 5.74) is 2.90. The Morgan fingerprint density at radius 2 is 1.97 bits per heavy atom. The molecular weight excluding hydrogens is 385 g/mol. The van der Waals surface area contributed by atoms with Crippen molar-refractivity contribution in [1.82, 2.24) is 20.1 Å². The number of carbonyl (C=O) groups excluding carboxylic acids is 1. The number of carbonyl (C=O) groups is 1. The smallest absolute Gasteiger partial charge is 0.407 e. The topological polar surface area (TPSA) is 92.8 Å². The minimum atomic E-state index is -0.603. The molecule has 0 bridgehead atoms. The maximum atomic E-state index is 13.3. The molecule has 0 aliphatic heterocycles. The average Bonchev–Trinajstić information content (AvgIpc) is 3.14. The zero-order chi connectivity index (χ0) is 21.7. The molecule has 0 spiro atoms. The Morgan fingerprint density at radius 3 is 2.63 bits per heavy atom. The summed E-state index contributed by atoms with van der Waals surface area (Å²) in [4.78, 5) is 16.5. The molecule has 0 aliphatic rings. The van der Waals surface area contributed by atoms with E-state index in [1.165, 1.54) is 16.8 Å². The van der Waals surface area contributed by atoms with Gasteiger partial charge < -0.3 is 10.1 Å². The number of nitriles is 1. The van der Waals surface area contributed by atoms with Crippen molar-refractivity contribution in [2.24, 2.45) is 0 Å². The lowest BCUT2D eigenvalue weighted by atomic mass is 10.0. The van der Waals surface area contributed by atoms with Crippen LogP contribution in [0.25, 0.3) is 22.5 Å². The third-order valence-electron chi connectivity index (χ3n) is 4.10. The number of alkyl carbamates (subject to hydrolysis) is 1. The third kappa shape index (κ3) is 5.41. The number of rotatable bonds is 5. The normalized spacial score (nSPS) is 11.0. The predicted octanol–water partition coefficient (Wildman–Crippen LogP) is 4.30. The fourth-order valence-electron chi connectivity index (χ4n) is 2.79. The number of nitrogens with zero attached hydrogens (tertiary/aromatic N) is 4. The van der Waals surface area contributed by atoms with E-state index in [0.717, 1.165) is 16.7 Å². The third-order valence-corrected chi connectivity index (χ3v) is 4.10. The second-order valence-corrected chi connectivity index (χ2v) is 7.65. The SMILES string of the molecule is CC(C)(C)OC(=O)NCc1cnc(-c2ccc(F)cc2)cc1-c1ccn(CC#N)n1. The lowest BCUT2D eigenvalue weighted by Gasteiger charge is -2.20. The van der Waals surface area contributed by atoms with E-state index >= 15 is 0 Å². The van der Waals surface area contributed by atoms with E-state index in [4.69, 9.17) is 10.00 Å². The van der Waals surface area contributed by atoms with Gasteiger partial charge in [0.1, 0.15) is 18.0 Å². The van der Waals surface area contributed by atoms with Crippen molar-refractivity contribution in [3.05, 3.63) is 60.2 Å². The van der Waals surface area contributed by atoms with Crippen molar-refractivity contribution in [3.63, 3.8) is 0 Å². The summed E-state index contributed by atoms with van der Waals surface area (Å²) < 4.78 is 20.1. The van der Waals surface area contributed by atoms with Gasteiger partial charge in [0.15, 0.2) is 0 Å². The predicted molar refractivity (Wildman–Crippen MR) is 110 cm³/mol. The van der Waals surface area contributed by atoms with Crippen LogP contribution in [-0.2, 0) is 17.8 Å². The number of aromatic nitrogens is 3. The van der Waals surface area contributed by atoms with E-state index in [1.54, 1.807) is 51.4 Å². The van der Waals surface area contributed by atoms with Crippen LogP contribution < -0.4 is 5.32 Å². The van der Waals surface area contributed by atoms with Gasteiger partial charge in [-0.3, -0.25) is 9.67 Å². The van der Waals surface area contributed by atoms with Gasteiger partial charge in [-0.25, -0.2) is 9.18 Å². The van der Waals surface area contributed by atoms with Gasteiger partial charge in [0.2, 0.25) is 0 Å². The van der Waals surface area contributed by atoms with Crippen molar-refractivity contribution < 1.29 is 13.9 Å².